The summed E-state index contributed by atoms with van der Waals surface area (Å²) in [4.78, 5) is 23.2. The summed E-state index contributed by atoms with van der Waals surface area (Å²) in [7, 11) is -3.76. The van der Waals surface area contributed by atoms with Crippen LogP contribution in [0.3, 0.4) is 0 Å². The molecule has 2 aliphatic heterocycles. The summed E-state index contributed by atoms with van der Waals surface area (Å²) < 4.78 is 35.3. The van der Waals surface area contributed by atoms with Crippen LogP contribution in [-0.4, -0.2) is 70.1 Å². The van der Waals surface area contributed by atoms with Crippen LogP contribution in [0.15, 0.2) is 65.6 Å². The Morgan fingerprint density at radius 1 is 1.00 bits per heavy atom. The number of hydrogen-bond acceptors (Lipinski definition) is 7. The van der Waals surface area contributed by atoms with Gasteiger partial charge in [0, 0.05) is 38.3 Å². The van der Waals surface area contributed by atoms with Gasteiger partial charge in [0.05, 0.1) is 34.0 Å². The number of nitrogens with zero attached hydrogens (tertiary/aromatic N) is 4. The summed E-state index contributed by atoms with van der Waals surface area (Å²) in [5.41, 5.74) is 5.41. The quantitative estimate of drug-likeness (QED) is 0.241. The van der Waals surface area contributed by atoms with Gasteiger partial charge in [-0.1, -0.05) is 35.6 Å². The maximum Gasteiger partial charge on any atom is 0.264 e. The van der Waals surface area contributed by atoms with Crippen LogP contribution >= 0.6 is 23.7 Å². The van der Waals surface area contributed by atoms with Crippen molar-refractivity contribution < 1.29 is 17.9 Å². The fourth-order valence-corrected chi connectivity index (χ4v) is 8.28. The van der Waals surface area contributed by atoms with Crippen LogP contribution in [0.1, 0.15) is 39.9 Å². The first kappa shape index (κ1) is 31.4. The molecule has 228 valence electrons. The number of fused-ring (bicyclic) bond motifs is 2. The number of rotatable bonds is 8. The highest BCUT2D eigenvalue weighted by atomic mass is 35.5. The van der Waals surface area contributed by atoms with E-state index < -0.39 is 10.0 Å². The van der Waals surface area contributed by atoms with E-state index in [1.165, 1.54) is 15.6 Å². The van der Waals surface area contributed by atoms with Gasteiger partial charge in [-0.15, -0.1) is 12.4 Å². The van der Waals surface area contributed by atoms with E-state index in [4.69, 9.17) is 9.72 Å². The molecular formula is C32H37ClN4O4S2. The van der Waals surface area contributed by atoms with Gasteiger partial charge in [0.15, 0.2) is 5.13 Å². The monoisotopic (exact) mass is 640 g/mol. The number of benzene rings is 3. The SMILES string of the molecule is Cc1ccc2sc(N(CCCN3CCOCC3)C(=O)c3ccc(S(=O)(=O)N4CCCc5ccccc54)cc3)nc2c1C.Cl. The van der Waals surface area contributed by atoms with E-state index in [-0.39, 0.29) is 23.2 Å². The van der Waals surface area contributed by atoms with E-state index in [2.05, 4.69) is 30.9 Å². The molecule has 2 aliphatic rings. The van der Waals surface area contributed by atoms with Gasteiger partial charge in [0.1, 0.15) is 0 Å². The number of thiazole rings is 1. The molecule has 0 bridgehead atoms. The number of anilines is 2. The van der Waals surface area contributed by atoms with Crippen LogP contribution in [0, 0.1) is 13.8 Å². The topological polar surface area (TPSA) is 83.0 Å². The van der Waals surface area contributed by atoms with Crippen LogP contribution in [0.5, 0.6) is 0 Å². The fourth-order valence-electron chi connectivity index (χ4n) is 5.69. The molecule has 1 saturated heterocycles. The zero-order chi connectivity index (χ0) is 29.3. The number of amides is 1. The first-order valence-electron chi connectivity index (χ1n) is 14.5. The zero-order valence-electron chi connectivity index (χ0n) is 24.5. The summed E-state index contributed by atoms with van der Waals surface area (Å²) in [5.74, 6) is -0.183. The van der Waals surface area contributed by atoms with Gasteiger partial charge in [-0.2, -0.15) is 0 Å². The molecule has 1 aromatic heterocycles. The lowest BCUT2D eigenvalue weighted by molar-refractivity contribution is 0.0376. The number of halogens is 1. The average Bonchev–Trinajstić information content (AvgIpc) is 3.46. The zero-order valence-corrected chi connectivity index (χ0v) is 26.9. The Morgan fingerprint density at radius 3 is 2.51 bits per heavy atom. The molecule has 0 N–H and O–H groups in total. The number of para-hydroxylation sites is 1. The van der Waals surface area contributed by atoms with Crippen LogP contribution in [0.4, 0.5) is 10.8 Å². The largest absolute Gasteiger partial charge is 0.379 e. The van der Waals surface area contributed by atoms with Gasteiger partial charge in [-0.3, -0.25) is 18.9 Å². The lowest BCUT2D eigenvalue weighted by Crippen LogP contribution is -2.39. The van der Waals surface area contributed by atoms with Gasteiger partial charge < -0.3 is 4.74 Å². The van der Waals surface area contributed by atoms with Gasteiger partial charge in [0.2, 0.25) is 0 Å². The number of aryl methyl sites for hydroxylation is 3. The molecule has 1 fully saturated rings. The molecule has 0 aliphatic carbocycles. The predicted molar refractivity (Wildman–Crippen MR) is 176 cm³/mol. The van der Waals surface area contributed by atoms with E-state index >= 15 is 0 Å². The molecule has 0 radical (unpaired) electrons. The summed E-state index contributed by atoms with van der Waals surface area (Å²) in [6.45, 7) is 9.20. The first-order valence-corrected chi connectivity index (χ1v) is 16.8. The summed E-state index contributed by atoms with van der Waals surface area (Å²) in [6.07, 6.45) is 2.43. The second-order valence-electron chi connectivity index (χ2n) is 10.9. The minimum Gasteiger partial charge on any atom is -0.379 e. The minimum atomic E-state index is -3.76. The summed E-state index contributed by atoms with van der Waals surface area (Å²) >= 11 is 1.51. The Morgan fingerprint density at radius 2 is 1.74 bits per heavy atom. The number of morpholine rings is 1. The van der Waals surface area contributed by atoms with Crippen molar-refractivity contribution in [3.8, 4) is 0 Å². The summed E-state index contributed by atoms with van der Waals surface area (Å²) in [6, 6.07) is 18.2. The lowest BCUT2D eigenvalue weighted by atomic mass is 10.0. The number of aromatic nitrogens is 1. The first-order chi connectivity index (χ1) is 20.3. The highest BCUT2D eigenvalue weighted by Crippen LogP contribution is 2.34. The molecule has 0 saturated carbocycles. The van der Waals surface area contributed by atoms with E-state index in [9.17, 15) is 13.2 Å². The van der Waals surface area contributed by atoms with Crippen LogP contribution in [-0.2, 0) is 21.2 Å². The number of carbonyl (C=O) groups excluding carboxylic acids is 1. The van der Waals surface area contributed by atoms with Gasteiger partial charge >= 0.3 is 0 Å². The van der Waals surface area contributed by atoms with E-state index in [0.29, 0.717) is 23.8 Å². The average molecular weight is 641 g/mol. The van der Waals surface area contributed by atoms with Gasteiger partial charge in [-0.25, -0.2) is 13.4 Å². The molecular weight excluding hydrogens is 604 g/mol. The van der Waals surface area contributed by atoms with Crippen molar-refractivity contribution >= 4 is 60.7 Å². The van der Waals surface area contributed by atoms with Crippen molar-refractivity contribution in [2.75, 3.05) is 55.1 Å². The minimum absolute atomic E-state index is 0. The van der Waals surface area contributed by atoms with Crippen molar-refractivity contribution in [2.24, 2.45) is 0 Å². The van der Waals surface area contributed by atoms with Crippen molar-refractivity contribution in [3.05, 3.63) is 82.9 Å². The van der Waals surface area contributed by atoms with Crippen molar-refractivity contribution in [1.82, 2.24) is 9.88 Å². The second-order valence-corrected chi connectivity index (χ2v) is 13.8. The number of hydrogen-bond donors (Lipinski definition) is 0. The third-order valence-electron chi connectivity index (χ3n) is 8.27. The Hall–Kier alpha value is -3.02. The fraction of sp³-hybridized carbons (Fsp3) is 0.375. The molecule has 3 aromatic carbocycles. The van der Waals surface area contributed by atoms with Gasteiger partial charge in [0.25, 0.3) is 15.9 Å². The highest BCUT2D eigenvalue weighted by molar-refractivity contribution is 7.92. The van der Waals surface area contributed by atoms with E-state index in [0.717, 1.165) is 84.7 Å². The third kappa shape index (κ3) is 6.44. The standard InChI is InChI=1S/C32H36N4O4S2.ClH/c1-23-10-15-29-30(24(23)2)33-32(41-29)35(17-6-16-34-19-21-40-22-20-34)31(37)26-11-13-27(14-12-26)42(38,39)36-18-5-8-25-7-3-4-9-28(25)36;/h3-4,7,9-15H,5-6,8,16-22H2,1-2H3;1H. The molecule has 0 spiro atoms. The molecule has 1 amide bonds. The van der Waals surface area contributed by atoms with Crippen LogP contribution in [0.25, 0.3) is 10.2 Å². The predicted octanol–water partition coefficient (Wildman–Crippen LogP) is 5.85. The normalized spacial score (nSPS) is 15.6. The number of carbonyl (C=O) groups is 1. The van der Waals surface area contributed by atoms with Crippen LogP contribution in [0.2, 0.25) is 0 Å². The molecule has 4 aromatic rings. The molecule has 0 unspecified atom stereocenters. The van der Waals surface area contributed by atoms with Crippen molar-refractivity contribution in [3.63, 3.8) is 0 Å². The Labute approximate surface area is 263 Å². The van der Waals surface area contributed by atoms with E-state index in [1.54, 1.807) is 29.2 Å². The maximum absolute atomic E-state index is 14.0. The number of sulfonamides is 1. The Kier molecular flexibility index (Phi) is 9.73. The second kappa shape index (κ2) is 13.3. The lowest BCUT2D eigenvalue weighted by Gasteiger charge is -2.30. The molecule has 11 heteroatoms. The highest BCUT2D eigenvalue weighted by Gasteiger charge is 2.29. The summed E-state index contributed by atoms with van der Waals surface area (Å²) in [5, 5.41) is 0.660. The molecule has 0 atom stereocenters. The molecule has 3 heterocycles. The molecule has 8 nitrogen and oxygen atoms in total. The Bertz CT molecular complexity index is 1700. The van der Waals surface area contributed by atoms with Crippen molar-refractivity contribution in [1.29, 1.82) is 0 Å². The smallest absolute Gasteiger partial charge is 0.264 e. The maximum atomic E-state index is 14.0. The van der Waals surface area contributed by atoms with E-state index in [1.807, 2.05) is 24.3 Å². The molecule has 43 heavy (non-hydrogen) atoms. The molecule has 6 rings (SSSR count). The number of ether oxygens (including phenoxy) is 1. The van der Waals surface area contributed by atoms with Gasteiger partial charge in [-0.05, 0) is 86.2 Å². The van der Waals surface area contributed by atoms with Crippen LogP contribution < -0.4 is 9.21 Å². The third-order valence-corrected chi connectivity index (χ3v) is 11.1. The Balaban J connectivity index is 0.00000368. The van der Waals surface area contributed by atoms with Crippen molar-refractivity contribution in [2.45, 2.75) is 38.0 Å².